The standard InChI is InChI=1S/C14H10S2/c1-2-14(16-8-1)12-5-3-11(4-6-12)13-7-9-15-10-13/h1-10H. The first kappa shape index (κ1) is 9.82. The average Bonchev–Trinajstić information content (AvgIpc) is 3.03. The fourth-order valence-corrected chi connectivity index (χ4v) is 3.10. The van der Waals surface area contributed by atoms with Crippen LogP contribution in [0, 0.1) is 0 Å². The maximum atomic E-state index is 2.19. The van der Waals surface area contributed by atoms with E-state index in [9.17, 15) is 0 Å². The highest BCUT2D eigenvalue weighted by molar-refractivity contribution is 7.13. The van der Waals surface area contributed by atoms with Gasteiger partial charge in [0.15, 0.2) is 0 Å². The molecule has 0 spiro atoms. The van der Waals surface area contributed by atoms with Gasteiger partial charge >= 0.3 is 0 Å². The topological polar surface area (TPSA) is 0 Å². The van der Waals surface area contributed by atoms with Crippen LogP contribution < -0.4 is 0 Å². The van der Waals surface area contributed by atoms with Crippen molar-refractivity contribution >= 4 is 22.7 Å². The second-order valence-electron chi connectivity index (χ2n) is 3.57. The molecule has 0 radical (unpaired) electrons. The van der Waals surface area contributed by atoms with E-state index in [1.165, 1.54) is 21.6 Å². The van der Waals surface area contributed by atoms with Crippen molar-refractivity contribution in [1.82, 2.24) is 0 Å². The first-order valence-corrected chi connectivity index (χ1v) is 6.92. The molecule has 3 aromatic rings. The molecule has 2 heterocycles. The Bertz CT molecular complexity index is 492. The highest BCUT2D eigenvalue weighted by Gasteiger charge is 2.00. The third-order valence-corrected chi connectivity index (χ3v) is 4.15. The minimum absolute atomic E-state index is 1.29. The number of thiophene rings is 2. The Hall–Kier alpha value is -1.38. The van der Waals surface area contributed by atoms with Crippen molar-refractivity contribution in [2.24, 2.45) is 0 Å². The van der Waals surface area contributed by atoms with E-state index in [1.54, 1.807) is 22.7 Å². The molecule has 78 valence electrons. The van der Waals surface area contributed by atoms with Gasteiger partial charge < -0.3 is 0 Å². The van der Waals surface area contributed by atoms with E-state index in [4.69, 9.17) is 0 Å². The quantitative estimate of drug-likeness (QED) is 0.583. The second kappa shape index (κ2) is 4.24. The molecule has 0 atom stereocenters. The molecule has 0 amide bonds. The molecule has 1 aromatic carbocycles. The van der Waals surface area contributed by atoms with E-state index >= 15 is 0 Å². The van der Waals surface area contributed by atoms with Crippen molar-refractivity contribution in [3.63, 3.8) is 0 Å². The molecule has 2 heteroatoms. The van der Waals surface area contributed by atoms with E-state index in [-0.39, 0.29) is 0 Å². The Morgan fingerprint density at radius 3 is 2.12 bits per heavy atom. The summed E-state index contributed by atoms with van der Waals surface area (Å²) in [5, 5.41) is 6.41. The van der Waals surface area contributed by atoms with E-state index < -0.39 is 0 Å². The molecule has 0 aliphatic heterocycles. The molecule has 0 aliphatic rings. The van der Waals surface area contributed by atoms with Crippen LogP contribution in [0.2, 0.25) is 0 Å². The van der Waals surface area contributed by atoms with Gasteiger partial charge in [0.25, 0.3) is 0 Å². The summed E-state index contributed by atoms with van der Waals surface area (Å²) in [6.45, 7) is 0. The van der Waals surface area contributed by atoms with Crippen LogP contribution >= 0.6 is 22.7 Å². The summed E-state index contributed by atoms with van der Waals surface area (Å²) in [4.78, 5) is 1.33. The molecule has 0 aliphatic carbocycles. The third-order valence-electron chi connectivity index (χ3n) is 2.55. The van der Waals surface area contributed by atoms with Crippen molar-refractivity contribution in [3.8, 4) is 21.6 Å². The van der Waals surface area contributed by atoms with E-state index in [2.05, 4.69) is 58.6 Å². The normalized spacial score (nSPS) is 10.5. The summed E-state index contributed by atoms with van der Waals surface area (Å²) in [6.07, 6.45) is 0. The zero-order valence-electron chi connectivity index (χ0n) is 8.59. The molecule has 0 saturated carbocycles. The summed E-state index contributed by atoms with van der Waals surface area (Å²) in [5.41, 5.74) is 3.90. The van der Waals surface area contributed by atoms with Crippen LogP contribution in [0.4, 0.5) is 0 Å². The second-order valence-corrected chi connectivity index (χ2v) is 5.29. The SMILES string of the molecule is c1csc(-c2ccc(-c3ccsc3)cc2)c1. The summed E-state index contributed by atoms with van der Waals surface area (Å²) >= 11 is 3.52. The predicted octanol–water partition coefficient (Wildman–Crippen LogP) is 5.14. The van der Waals surface area contributed by atoms with Crippen molar-refractivity contribution < 1.29 is 0 Å². The molecule has 0 fully saturated rings. The summed E-state index contributed by atoms with van der Waals surface area (Å²) in [6, 6.07) is 15.2. The number of rotatable bonds is 2. The number of hydrogen-bond donors (Lipinski definition) is 0. The molecule has 0 nitrogen and oxygen atoms in total. The van der Waals surface area contributed by atoms with Gasteiger partial charge in [-0.05, 0) is 45.0 Å². The van der Waals surface area contributed by atoms with Crippen molar-refractivity contribution in [1.29, 1.82) is 0 Å². The van der Waals surface area contributed by atoms with Crippen LogP contribution in [0.25, 0.3) is 21.6 Å². The average molecular weight is 242 g/mol. The highest BCUT2D eigenvalue weighted by atomic mass is 32.1. The van der Waals surface area contributed by atoms with Crippen LogP contribution in [0.15, 0.2) is 58.6 Å². The molecule has 3 rings (SSSR count). The zero-order valence-corrected chi connectivity index (χ0v) is 10.2. The molecule has 0 N–H and O–H groups in total. The van der Waals surface area contributed by atoms with E-state index in [1.807, 2.05) is 0 Å². The van der Waals surface area contributed by atoms with Crippen molar-refractivity contribution in [2.45, 2.75) is 0 Å². The van der Waals surface area contributed by atoms with Gasteiger partial charge in [-0.3, -0.25) is 0 Å². The fourth-order valence-electron chi connectivity index (χ4n) is 1.70. The molecule has 2 aromatic heterocycles. The van der Waals surface area contributed by atoms with Gasteiger partial charge in [0, 0.05) is 4.88 Å². The van der Waals surface area contributed by atoms with Crippen molar-refractivity contribution in [3.05, 3.63) is 58.6 Å². The van der Waals surface area contributed by atoms with E-state index in [0.29, 0.717) is 0 Å². The lowest BCUT2D eigenvalue weighted by Crippen LogP contribution is -1.75. The lowest BCUT2D eigenvalue weighted by molar-refractivity contribution is 1.67. The van der Waals surface area contributed by atoms with Crippen LogP contribution in [-0.2, 0) is 0 Å². The third kappa shape index (κ3) is 1.82. The van der Waals surface area contributed by atoms with Crippen LogP contribution in [0.5, 0.6) is 0 Å². The lowest BCUT2D eigenvalue weighted by Gasteiger charge is -2.00. The van der Waals surface area contributed by atoms with Gasteiger partial charge in [-0.1, -0.05) is 30.3 Å². The highest BCUT2D eigenvalue weighted by Crippen LogP contribution is 2.28. The molecule has 0 unspecified atom stereocenters. The first-order chi connectivity index (χ1) is 7.93. The summed E-state index contributed by atoms with van der Waals surface area (Å²) in [7, 11) is 0. The zero-order chi connectivity index (χ0) is 10.8. The minimum Gasteiger partial charge on any atom is -0.152 e. The molecule has 0 saturated heterocycles. The molecule has 16 heavy (non-hydrogen) atoms. The van der Waals surface area contributed by atoms with Gasteiger partial charge in [-0.15, -0.1) is 11.3 Å². The molecular formula is C14H10S2. The number of hydrogen-bond acceptors (Lipinski definition) is 2. The van der Waals surface area contributed by atoms with Gasteiger partial charge in [-0.2, -0.15) is 11.3 Å². The number of benzene rings is 1. The Labute approximate surface area is 103 Å². The van der Waals surface area contributed by atoms with Crippen LogP contribution in [-0.4, -0.2) is 0 Å². The van der Waals surface area contributed by atoms with Gasteiger partial charge in [0.05, 0.1) is 0 Å². The van der Waals surface area contributed by atoms with Crippen molar-refractivity contribution in [2.75, 3.05) is 0 Å². The molecular weight excluding hydrogens is 232 g/mol. The van der Waals surface area contributed by atoms with E-state index in [0.717, 1.165) is 0 Å². The van der Waals surface area contributed by atoms with Crippen LogP contribution in [0.1, 0.15) is 0 Å². The minimum atomic E-state index is 1.29. The Morgan fingerprint density at radius 1 is 0.688 bits per heavy atom. The summed E-state index contributed by atoms with van der Waals surface area (Å²) < 4.78 is 0. The van der Waals surface area contributed by atoms with Gasteiger partial charge in [0.1, 0.15) is 0 Å². The Morgan fingerprint density at radius 2 is 1.50 bits per heavy atom. The smallest absolute Gasteiger partial charge is 0.0342 e. The van der Waals surface area contributed by atoms with Crippen LogP contribution in [0.3, 0.4) is 0 Å². The Kier molecular flexibility index (Phi) is 2.60. The predicted molar refractivity (Wildman–Crippen MR) is 73.1 cm³/mol. The van der Waals surface area contributed by atoms with Gasteiger partial charge in [-0.25, -0.2) is 0 Å². The maximum Gasteiger partial charge on any atom is 0.0342 e. The summed E-state index contributed by atoms with van der Waals surface area (Å²) in [5.74, 6) is 0. The lowest BCUT2D eigenvalue weighted by atomic mass is 10.1. The maximum absolute atomic E-state index is 2.19. The Balaban J connectivity index is 1.97. The van der Waals surface area contributed by atoms with Gasteiger partial charge in [0.2, 0.25) is 0 Å². The monoisotopic (exact) mass is 242 g/mol. The largest absolute Gasteiger partial charge is 0.152 e. The first-order valence-electron chi connectivity index (χ1n) is 5.10. The molecule has 0 bridgehead atoms. The fraction of sp³-hybridized carbons (Fsp3) is 0.